The highest BCUT2D eigenvalue weighted by Crippen LogP contribution is 2.34. The molecule has 4 amide bonds. The lowest BCUT2D eigenvalue weighted by atomic mass is 9.95. The van der Waals surface area contributed by atoms with E-state index in [0.717, 1.165) is 5.56 Å². The fraction of sp³-hybridized carbons (Fsp3) is 0.273. The zero-order chi connectivity index (χ0) is 13.0. The summed E-state index contributed by atoms with van der Waals surface area (Å²) in [6, 6.07) is 6.01. The van der Waals surface area contributed by atoms with Crippen molar-refractivity contribution in [3.8, 4) is 0 Å². The van der Waals surface area contributed by atoms with Crippen LogP contribution in [0.5, 0.6) is 0 Å². The van der Waals surface area contributed by atoms with Crippen molar-refractivity contribution in [2.24, 2.45) is 0 Å². The van der Waals surface area contributed by atoms with Crippen LogP contribution in [0.1, 0.15) is 11.1 Å². The third-order valence-corrected chi connectivity index (χ3v) is 3.22. The molecule has 0 spiro atoms. The van der Waals surface area contributed by atoms with E-state index in [1.807, 2.05) is 19.1 Å². The molecule has 7 nitrogen and oxygen atoms in total. The van der Waals surface area contributed by atoms with Crippen molar-refractivity contribution in [3.63, 3.8) is 0 Å². The molecule has 0 atom stereocenters. The summed E-state index contributed by atoms with van der Waals surface area (Å²) >= 11 is 0. The van der Waals surface area contributed by atoms with Gasteiger partial charge in [0, 0.05) is 5.56 Å². The van der Waals surface area contributed by atoms with Crippen LogP contribution in [0.3, 0.4) is 0 Å². The molecule has 94 valence electrons. The lowest BCUT2D eigenvalue weighted by molar-refractivity contribution is -0.0446. The van der Waals surface area contributed by atoms with Crippen LogP contribution in [0.15, 0.2) is 24.3 Å². The Labute approximate surface area is 103 Å². The van der Waals surface area contributed by atoms with Gasteiger partial charge in [-0.1, -0.05) is 29.8 Å². The Balaban J connectivity index is 2.13. The smallest absolute Gasteiger partial charge is 0.320 e. The zero-order valence-electron chi connectivity index (χ0n) is 9.57. The summed E-state index contributed by atoms with van der Waals surface area (Å²) in [6.07, 6.45) is 0. The van der Waals surface area contributed by atoms with Gasteiger partial charge < -0.3 is 15.7 Å². The van der Waals surface area contributed by atoms with E-state index >= 15 is 0 Å². The predicted octanol–water partition coefficient (Wildman–Crippen LogP) is -0.580. The van der Waals surface area contributed by atoms with Crippen molar-refractivity contribution in [1.82, 2.24) is 21.3 Å². The first kappa shape index (κ1) is 10.8. The third kappa shape index (κ3) is 1.22. The first-order chi connectivity index (χ1) is 8.45. The van der Waals surface area contributed by atoms with Gasteiger partial charge in [0.15, 0.2) is 0 Å². The van der Waals surface area contributed by atoms with Gasteiger partial charge in [0.25, 0.3) is 5.85 Å². The van der Waals surface area contributed by atoms with Crippen molar-refractivity contribution in [3.05, 3.63) is 35.4 Å². The fourth-order valence-electron chi connectivity index (χ4n) is 2.32. The Hall–Kier alpha value is -2.28. The Morgan fingerprint density at radius 3 is 1.94 bits per heavy atom. The Bertz CT molecular complexity index is 520. The molecule has 0 radical (unpaired) electrons. The van der Waals surface area contributed by atoms with E-state index in [9.17, 15) is 14.7 Å². The van der Waals surface area contributed by atoms with Gasteiger partial charge in [-0.3, -0.25) is 10.6 Å². The number of nitrogens with one attached hydrogen (secondary N) is 4. The number of rotatable bonds is 1. The maximum atomic E-state index is 11.4. The molecule has 0 aliphatic carbocycles. The van der Waals surface area contributed by atoms with Gasteiger partial charge in [-0.25, -0.2) is 9.59 Å². The van der Waals surface area contributed by atoms with Gasteiger partial charge in [-0.2, -0.15) is 0 Å². The van der Waals surface area contributed by atoms with Crippen LogP contribution in [0.25, 0.3) is 0 Å². The highest BCUT2D eigenvalue weighted by molar-refractivity contribution is 5.87. The van der Waals surface area contributed by atoms with Crippen LogP contribution in [-0.4, -0.2) is 23.0 Å². The Kier molecular flexibility index (Phi) is 1.89. The molecule has 7 heteroatoms. The second-order valence-electron chi connectivity index (χ2n) is 4.48. The van der Waals surface area contributed by atoms with Crippen LogP contribution in [0, 0.1) is 6.92 Å². The quantitative estimate of drug-likeness (QED) is 0.459. The Morgan fingerprint density at radius 2 is 1.44 bits per heavy atom. The molecule has 3 rings (SSSR count). The van der Waals surface area contributed by atoms with Gasteiger partial charge in [0.2, 0.25) is 5.66 Å². The second kappa shape index (κ2) is 3.14. The topological polar surface area (TPSA) is 102 Å². The second-order valence-corrected chi connectivity index (χ2v) is 4.48. The molecule has 2 heterocycles. The number of fused-ring (bicyclic) bond motifs is 1. The normalized spacial score (nSPS) is 33.2. The molecular weight excluding hydrogens is 236 g/mol. The van der Waals surface area contributed by atoms with E-state index < -0.39 is 23.6 Å². The van der Waals surface area contributed by atoms with Crippen LogP contribution in [-0.2, 0) is 5.66 Å². The summed E-state index contributed by atoms with van der Waals surface area (Å²) in [5.41, 5.74) is 0.218. The van der Waals surface area contributed by atoms with E-state index in [1.54, 1.807) is 12.1 Å². The average Bonchev–Trinajstić information content (AvgIpc) is 2.63. The largest absolute Gasteiger partial charge is 0.350 e. The SMILES string of the molecule is Cc1ccc(C23NC(=O)NC2(O)NC(=O)N3)cc1. The van der Waals surface area contributed by atoms with E-state index in [1.165, 1.54) is 0 Å². The Morgan fingerprint density at radius 1 is 0.944 bits per heavy atom. The predicted molar refractivity (Wildman–Crippen MR) is 61.1 cm³/mol. The zero-order valence-corrected chi connectivity index (χ0v) is 9.57. The van der Waals surface area contributed by atoms with Gasteiger partial charge in [-0.05, 0) is 6.92 Å². The van der Waals surface area contributed by atoms with E-state index in [0.29, 0.717) is 5.56 Å². The van der Waals surface area contributed by atoms with Crippen LogP contribution in [0.2, 0.25) is 0 Å². The van der Waals surface area contributed by atoms with Gasteiger partial charge in [-0.15, -0.1) is 0 Å². The fourth-order valence-corrected chi connectivity index (χ4v) is 2.32. The molecule has 2 aliphatic rings. The van der Waals surface area contributed by atoms with Gasteiger partial charge in [0.1, 0.15) is 0 Å². The lowest BCUT2D eigenvalue weighted by Gasteiger charge is -2.32. The van der Waals surface area contributed by atoms with E-state index in [-0.39, 0.29) is 0 Å². The maximum absolute atomic E-state index is 11.4. The number of urea groups is 2. The van der Waals surface area contributed by atoms with Crippen LogP contribution < -0.4 is 21.3 Å². The molecular formula is C11H12N4O3. The monoisotopic (exact) mass is 248 g/mol. The molecule has 0 bridgehead atoms. The lowest BCUT2D eigenvalue weighted by Crippen LogP contribution is -2.63. The van der Waals surface area contributed by atoms with E-state index in [2.05, 4.69) is 21.3 Å². The van der Waals surface area contributed by atoms with Crippen LogP contribution >= 0.6 is 0 Å². The average molecular weight is 248 g/mol. The number of aryl methyl sites for hydroxylation is 1. The maximum Gasteiger partial charge on any atom is 0.320 e. The summed E-state index contributed by atoms with van der Waals surface area (Å²) in [5, 5.41) is 20.0. The number of benzene rings is 1. The third-order valence-electron chi connectivity index (χ3n) is 3.22. The molecule has 0 unspecified atom stereocenters. The molecule has 2 aliphatic heterocycles. The van der Waals surface area contributed by atoms with E-state index in [4.69, 9.17) is 0 Å². The minimum absolute atomic E-state index is 0.564. The molecule has 1 aromatic carbocycles. The standard InChI is InChI=1S/C11H12N4O3/c1-6-2-4-7(5-3-6)10-11(18,14-8(16)12-10)15-9(17)13-10/h2-5,18H,1H3,(H2,12,14,16)(H2,13,15,17). The summed E-state index contributed by atoms with van der Waals surface area (Å²) < 4.78 is 0. The summed E-state index contributed by atoms with van der Waals surface area (Å²) in [4.78, 5) is 22.9. The molecule has 2 fully saturated rings. The molecule has 2 saturated heterocycles. The number of carbonyl (C=O) groups is 2. The van der Waals surface area contributed by atoms with Crippen LogP contribution in [0.4, 0.5) is 9.59 Å². The van der Waals surface area contributed by atoms with Crippen molar-refractivity contribution in [2.75, 3.05) is 0 Å². The van der Waals surface area contributed by atoms with Crippen molar-refractivity contribution >= 4 is 12.1 Å². The summed E-state index contributed by atoms with van der Waals surface area (Å²) in [5.74, 6) is -1.88. The van der Waals surface area contributed by atoms with Gasteiger partial charge in [0.05, 0.1) is 0 Å². The van der Waals surface area contributed by atoms with Crippen molar-refractivity contribution in [2.45, 2.75) is 18.4 Å². The summed E-state index contributed by atoms with van der Waals surface area (Å²) in [6.45, 7) is 1.92. The highest BCUT2D eigenvalue weighted by atomic mass is 16.4. The number of amides is 4. The van der Waals surface area contributed by atoms with Crippen molar-refractivity contribution < 1.29 is 14.7 Å². The molecule has 1 aromatic rings. The minimum Gasteiger partial charge on any atom is -0.350 e. The molecule has 0 aromatic heterocycles. The number of hydrogen-bond acceptors (Lipinski definition) is 3. The first-order valence-electron chi connectivity index (χ1n) is 5.45. The first-order valence-corrected chi connectivity index (χ1v) is 5.45. The molecule has 0 saturated carbocycles. The van der Waals surface area contributed by atoms with Gasteiger partial charge >= 0.3 is 12.1 Å². The summed E-state index contributed by atoms with van der Waals surface area (Å²) in [7, 11) is 0. The minimum atomic E-state index is -1.88. The number of hydrogen-bond donors (Lipinski definition) is 5. The van der Waals surface area contributed by atoms with Crippen molar-refractivity contribution in [1.29, 1.82) is 0 Å². The number of aliphatic hydroxyl groups is 1. The molecule has 5 N–H and O–H groups in total. The molecule has 18 heavy (non-hydrogen) atoms. The number of carbonyl (C=O) groups excluding carboxylic acids is 2. The highest BCUT2D eigenvalue weighted by Gasteiger charge is 2.65.